The molecule has 4 heteroatoms. The molecule has 0 aromatic heterocycles. The average Bonchev–Trinajstić information content (AvgIpc) is 2.55. The summed E-state index contributed by atoms with van der Waals surface area (Å²) >= 11 is 0. The summed E-state index contributed by atoms with van der Waals surface area (Å²) in [5.41, 5.74) is 0.567. The summed E-state index contributed by atoms with van der Waals surface area (Å²) in [5.74, 6) is -0.641. The number of hydrazine groups is 1. The Morgan fingerprint density at radius 1 is 1.09 bits per heavy atom. The predicted octanol–water partition coefficient (Wildman–Crippen LogP) is 3.03. The highest BCUT2D eigenvalue weighted by Gasteiger charge is 2.37. The Morgan fingerprint density at radius 2 is 1.73 bits per heavy atom. The fraction of sp³-hybridized carbons (Fsp3) is 0.556. The van der Waals surface area contributed by atoms with Gasteiger partial charge in [0.2, 0.25) is 5.78 Å². The maximum Gasteiger partial charge on any atom is 0.304 e. The Balaban J connectivity index is 2.12. The fourth-order valence-corrected chi connectivity index (χ4v) is 2.57. The van der Waals surface area contributed by atoms with Gasteiger partial charge in [0.25, 0.3) is 0 Å². The maximum atomic E-state index is 12.6. The molecule has 120 valence electrons. The fourth-order valence-electron chi connectivity index (χ4n) is 2.57. The minimum absolute atomic E-state index is 0.282. The number of ketones is 1. The van der Waals surface area contributed by atoms with E-state index in [2.05, 4.69) is 12.1 Å². The van der Waals surface area contributed by atoms with E-state index < -0.39 is 5.41 Å². The lowest BCUT2D eigenvalue weighted by atomic mass is 9.84. The van der Waals surface area contributed by atoms with E-state index in [1.807, 2.05) is 44.0 Å². The zero-order valence-electron chi connectivity index (χ0n) is 13.8. The second-order valence-corrected chi connectivity index (χ2v) is 6.58. The summed E-state index contributed by atoms with van der Waals surface area (Å²) in [6.07, 6.45) is 2.68. The molecule has 1 saturated heterocycles. The summed E-state index contributed by atoms with van der Waals surface area (Å²) in [7, 11) is 0. The molecule has 1 aliphatic rings. The number of rotatable bonds is 5. The van der Waals surface area contributed by atoms with Gasteiger partial charge in [0, 0.05) is 25.0 Å². The first-order valence-electron chi connectivity index (χ1n) is 8.11. The number of amides is 1. The standard InChI is InChI=1S/C18H26N2O2/c1-4-18(2,3)16(21)17(22)20-13-9-8-12-19(20)14-15-10-6-5-7-11-15/h5-7,10-11H,4,8-9,12-14H2,1-3H3. The van der Waals surface area contributed by atoms with Crippen LogP contribution >= 0.6 is 0 Å². The molecule has 1 amide bonds. The summed E-state index contributed by atoms with van der Waals surface area (Å²) in [6, 6.07) is 10.1. The highest BCUT2D eigenvalue weighted by Crippen LogP contribution is 2.24. The second-order valence-electron chi connectivity index (χ2n) is 6.58. The van der Waals surface area contributed by atoms with E-state index in [0.717, 1.165) is 24.9 Å². The van der Waals surface area contributed by atoms with Crippen LogP contribution in [0.3, 0.4) is 0 Å². The molecule has 1 fully saturated rings. The third-order valence-electron chi connectivity index (χ3n) is 4.51. The molecule has 22 heavy (non-hydrogen) atoms. The Labute approximate surface area is 133 Å². The van der Waals surface area contributed by atoms with Gasteiger partial charge < -0.3 is 0 Å². The van der Waals surface area contributed by atoms with Crippen molar-refractivity contribution >= 4 is 11.7 Å². The van der Waals surface area contributed by atoms with Crippen molar-refractivity contribution in [2.45, 2.75) is 46.6 Å². The van der Waals surface area contributed by atoms with Crippen LogP contribution in [0.15, 0.2) is 30.3 Å². The molecular weight excluding hydrogens is 276 g/mol. The zero-order chi connectivity index (χ0) is 16.2. The molecule has 0 unspecified atom stereocenters. The van der Waals surface area contributed by atoms with Crippen LogP contribution < -0.4 is 0 Å². The van der Waals surface area contributed by atoms with Crippen molar-refractivity contribution in [3.8, 4) is 0 Å². The van der Waals surface area contributed by atoms with E-state index in [9.17, 15) is 9.59 Å². The van der Waals surface area contributed by atoms with Gasteiger partial charge in [0.1, 0.15) is 0 Å². The molecule has 1 aliphatic heterocycles. The quantitative estimate of drug-likeness (QED) is 0.785. The van der Waals surface area contributed by atoms with E-state index in [1.54, 1.807) is 5.01 Å². The minimum Gasteiger partial charge on any atom is -0.288 e. The normalized spacial score (nSPS) is 16.6. The van der Waals surface area contributed by atoms with Crippen LogP contribution in [-0.4, -0.2) is 34.8 Å². The lowest BCUT2D eigenvalue weighted by Gasteiger charge is -2.39. The number of carbonyl (C=O) groups is 2. The molecule has 0 N–H and O–H groups in total. The van der Waals surface area contributed by atoms with Gasteiger partial charge in [0.15, 0.2) is 0 Å². The van der Waals surface area contributed by atoms with E-state index in [4.69, 9.17) is 0 Å². The Morgan fingerprint density at radius 3 is 2.36 bits per heavy atom. The molecule has 1 aromatic rings. The molecule has 0 aliphatic carbocycles. The van der Waals surface area contributed by atoms with Crippen LogP contribution in [0.1, 0.15) is 45.6 Å². The lowest BCUT2D eigenvalue weighted by molar-refractivity contribution is -0.165. The Bertz CT molecular complexity index is 525. The first-order chi connectivity index (χ1) is 10.5. The van der Waals surface area contributed by atoms with E-state index in [1.165, 1.54) is 0 Å². The first kappa shape index (κ1) is 16.7. The van der Waals surface area contributed by atoms with Crippen LogP contribution in [0.2, 0.25) is 0 Å². The Kier molecular flexibility index (Phi) is 5.35. The number of carbonyl (C=O) groups excluding carboxylic acids is 2. The third-order valence-corrected chi connectivity index (χ3v) is 4.51. The summed E-state index contributed by atoms with van der Waals surface area (Å²) < 4.78 is 0. The molecule has 2 rings (SSSR count). The van der Waals surface area contributed by atoms with Crippen molar-refractivity contribution in [3.63, 3.8) is 0 Å². The van der Waals surface area contributed by atoms with Crippen LogP contribution in [0.4, 0.5) is 0 Å². The van der Waals surface area contributed by atoms with Crippen LogP contribution in [-0.2, 0) is 16.1 Å². The van der Waals surface area contributed by atoms with Crippen molar-refractivity contribution in [2.24, 2.45) is 5.41 Å². The van der Waals surface area contributed by atoms with Gasteiger partial charge in [-0.1, -0.05) is 51.1 Å². The largest absolute Gasteiger partial charge is 0.304 e. The number of benzene rings is 1. The maximum absolute atomic E-state index is 12.6. The van der Waals surface area contributed by atoms with Gasteiger partial charge >= 0.3 is 5.91 Å². The van der Waals surface area contributed by atoms with Gasteiger partial charge in [-0.25, -0.2) is 5.01 Å². The monoisotopic (exact) mass is 302 g/mol. The molecule has 4 nitrogen and oxygen atoms in total. The Hall–Kier alpha value is -1.68. The summed E-state index contributed by atoms with van der Waals surface area (Å²) in [5, 5.41) is 3.68. The van der Waals surface area contributed by atoms with Crippen molar-refractivity contribution in [2.75, 3.05) is 13.1 Å². The predicted molar refractivity (Wildman–Crippen MR) is 86.9 cm³/mol. The van der Waals surface area contributed by atoms with Crippen molar-refractivity contribution < 1.29 is 9.59 Å². The lowest BCUT2D eigenvalue weighted by Crippen LogP contribution is -2.54. The van der Waals surface area contributed by atoms with Crippen LogP contribution in [0.25, 0.3) is 0 Å². The second kappa shape index (κ2) is 7.05. The summed E-state index contributed by atoms with van der Waals surface area (Å²) in [4.78, 5) is 25.1. The van der Waals surface area contributed by atoms with E-state index >= 15 is 0 Å². The van der Waals surface area contributed by atoms with E-state index in [-0.39, 0.29) is 11.7 Å². The topological polar surface area (TPSA) is 40.6 Å². The number of Topliss-reactive ketones (excluding diaryl/α,β-unsaturated/α-hetero) is 1. The molecular formula is C18H26N2O2. The molecule has 1 aromatic carbocycles. The van der Waals surface area contributed by atoms with Crippen LogP contribution in [0, 0.1) is 5.41 Å². The first-order valence-corrected chi connectivity index (χ1v) is 8.11. The smallest absolute Gasteiger partial charge is 0.288 e. The molecule has 0 spiro atoms. The number of hydrogen-bond acceptors (Lipinski definition) is 3. The van der Waals surface area contributed by atoms with Gasteiger partial charge in [-0.15, -0.1) is 0 Å². The third kappa shape index (κ3) is 3.74. The molecule has 0 saturated carbocycles. The minimum atomic E-state index is -0.590. The van der Waals surface area contributed by atoms with Gasteiger partial charge in [0.05, 0.1) is 0 Å². The SMILES string of the molecule is CCC(C)(C)C(=O)C(=O)N1CCCCN1Cc1ccccc1. The molecule has 0 radical (unpaired) electrons. The highest BCUT2D eigenvalue weighted by atomic mass is 16.2. The molecule has 0 bridgehead atoms. The van der Waals surface area contributed by atoms with Gasteiger partial charge in [-0.2, -0.15) is 0 Å². The zero-order valence-corrected chi connectivity index (χ0v) is 13.8. The van der Waals surface area contributed by atoms with Gasteiger partial charge in [-0.3, -0.25) is 14.6 Å². The van der Waals surface area contributed by atoms with Crippen molar-refractivity contribution in [1.29, 1.82) is 0 Å². The van der Waals surface area contributed by atoms with Gasteiger partial charge in [-0.05, 0) is 24.8 Å². The highest BCUT2D eigenvalue weighted by molar-refractivity contribution is 6.37. The molecule has 0 atom stereocenters. The van der Waals surface area contributed by atoms with Crippen molar-refractivity contribution in [1.82, 2.24) is 10.0 Å². The number of nitrogens with zero attached hydrogens (tertiary/aromatic N) is 2. The van der Waals surface area contributed by atoms with Crippen molar-refractivity contribution in [3.05, 3.63) is 35.9 Å². The van der Waals surface area contributed by atoms with Crippen LogP contribution in [0.5, 0.6) is 0 Å². The van der Waals surface area contributed by atoms with E-state index in [0.29, 0.717) is 19.5 Å². The summed E-state index contributed by atoms with van der Waals surface area (Å²) in [6.45, 7) is 7.77. The average molecular weight is 302 g/mol. The number of hydrogen-bond donors (Lipinski definition) is 0. The molecule has 1 heterocycles.